The van der Waals surface area contributed by atoms with Crippen molar-refractivity contribution in [2.24, 2.45) is 0 Å². The molecule has 1 N–H and O–H groups in total. The smallest absolute Gasteiger partial charge is 0.339 e. The second-order valence-corrected chi connectivity index (χ2v) is 4.85. The van der Waals surface area contributed by atoms with Crippen molar-refractivity contribution in [3.63, 3.8) is 0 Å². The summed E-state index contributed by atoms with van der Waals surface area (Å²) in [5.41, 5.74) is 0.893. The molecule has 2 rings (SSSR count). The van der Waals surface area contributed by atoms with E-state index in [0.717, 1.165) is 4.90 Å². The summed E-state index contributed by atoms with van der Waals surface area (Å²) in [6.45, 7) is 1.69. The summed E-state index contributed by atoms with van der Waals surface area (Å²) >= 11 is 0. The Labute approximate surface area is 122 Å². The van der Waals surface area contributed by atoms with Crippen molar-refractivity contribution in [1.29, 1.82) is 0 Å². The van der Waals surface area contributed by atoms with Crippen molar-refractivity contribution in [2.45, 2.75) is 25.8 Å². The zero-order valence-electron chi connectivity index (χ0n) is 12.2. The summed E-state index contributed by atoms with van der Waals surface area (Å²) in [6, 6.07) is 2.73. The zero-order chi connectivity index (χ0) is 15.6. The molecule has 1 fully saturated rings. The molecule has 7 nitrogen and oxygen atoms in total. The predicted molar refractivity (Wildman–Crippen MR) is 74.7 cm³/mol. The number of ether oxygens (including phenoxy) is 1. The Bertz CT molecular complexity index is 600. The summed E-state index contributed by atoms with van der Waals surface area (Å²) < 4.78 is 4.65. The van der Waals surface area contributed by atoms with Crippen molar-refractivity contribution < 1.29 is 19.1 Å². The number of imide groups is 1. The van der Waals surface area contributed by atoms with Gasteiger partial charge in [-0.15, -0.1) is 0 Å². The standard InChI is InChI=1S/C14H17N3O4/c1-8-9(14(20)21-3)4-6-11(15-8)16-10-5-7-12(18)17(2)13(10)19/h4,6,10H,5,7H2,1-3H3,(H,15,16). The monoisotopic (exact) mass is 291 g/mol. The highest BCUT2D eigenvalue weighted by molar-refractivity contribution is 6.01. The van der Waals surface area contributed by atoms with Crippen LogP contribution in [0, 0.1) is 6.92 Å². The SMILES string of the molecule is COC(=O)c1ccc(NC2CCC(=O)N(C)C2=O)nc1C. The zero-order valence-corrected chi connectivity index (χ0v) is 12.2. The van der Waals surface area contributed by atoms with E-state index in [9.17, 15) is 14.4 Å². The van der Waals surface area contributed by atoms with Gasteiger partial charge in [0.15, 0.2) is 0 Å². The van der Waals surface area contributed by atoms with Crippen LogP contribution in [0.4, 0.5) is 5.82 Å². The first-order valence-electron chi connectivity index (χ1n) is 6.57. The molecular weight excluding hydrogens is 274 g/mol. The topological polar surface area (TPSA) is 88.6 Å². The van der Waals surface area contributed by atoms with Crippen LogP contribution in [0.25, 0.3) is 0 Å². The average molecular weight is 291 g/mol. The molecule has 112 valence electrons. The minimum atomic E-state index is -0.483. The van der Waals surface area contributed by atoms with E-state index in [1.165, 1.54) is 14.2 Å². The molecule has 2 heterocycles. The normalized spacial score (nSPS) is 18.6. The Morgan fingerprint density at radius 3 is 2.76 bits per heavy atom. The molecule has 7 heteroatoms. The number of aryl methyl sites for hydroxylation is 1. The quantitative estimate of drug-likeness (QED) is 0.652. The number of nitrogens with one attached hydrogen (secondary N) is 1. The highest BCUT2D eigenvalue weighted by atomic mass is 16.5. The van der Waals surface area contributed by atoms with Crippen molar-refractivity contribution in [2.75, 3.05) is 19.5 Å². The van der Waals surface area contributed by atoms with Gasteiger partial charge in [0.2, 0.25) is 5.91 Å². The summed E-state index contributed by atoms with van der Waals surface area (Å²) in [6.07, 6.45) is 0.751. The minimum Gasteiger partial charge on any atom is -0.465 e. The third-order valence-electron chi connectivity index (χ3n) is 3.46. The third-order valence-corrected chi connectivity index (χ3v) is 3.46. The van der Waals surface area contributed by atoms with Crippen LogP contribution in [-0.4, -0.2) is 47.9 Å². The second kappa shape index (κ2) is 5.90. The van der Waals surface area contributed by atoms with Gasteiger partial charge in [-0.25, -0.2) is 9.78 Å². The maximum Gasteiger partial charge on any atom is 0.339 e. The maximum atomic E-state index is 12.0. The van der Waals surface area contributed by atoms with E-state index in [2.05, 4.69) is 15.0 Å². The molecule has 1 atom stereocenters. The molecule has 1 aromatic heterocycles. The van der Waals surface area contributed by atoms with Crippen LogP contribution < -0.4 is 5.32 Å². The number of aromatic nitrogens is 1. The van der Waals surface area contributed by atoms with E-state index < -0.39 is 12.0 Å². The number of likely N-dealkylation sites (N-methyl/N-ethyl adjacent to an activating group) is 1. The van der Waals surface area contributed by atoms with Gasteiger partial charge >= 0.3 is 5.97 Å². The Hall–Kier alpha value is -2.44. The molecule has 0 aromatic carbocycles. The summed E-state index contributed by atoms with van der Waals surface area (Å²) in [5.74, 6) is -0.419. The van der Waals surface area contributed by atoms with Crippen LogP contribution >= 0.6 is 0 Å². The number of hydrogen-bond acceptors (Lipinski definition) is 6. The first-order chi connectivity index (χ1) is 9.93. The molecule has 1 aliphatic heterocycles. The van der Waals surface area contributed by atoms with Crippen molar-refractivity contribution in [3.05, 3.63) is 23.4 Å². The van der Waals surface area contributed by atoms with E-state index >= 15 is 0 Å². The highest BCUT2D eigenvalue weighted by Gasteiger charge is 2.31. The molecule has 1 unspecified atom stereocenters. The van der Waals surface area contributed by atoms with Crippen molar-refractivity contribution >= 4 is 23.6 Å². The van der Waals surface area contributed by atoms with Crippen molar-refractivity contribution in [3.8, 4) is 0 Å². The van der Waals surface area contributed by atoms with Crippen molar-refractivity contribution in [1.82, 2.24) is 9.88 Å². The van der Waals surface area contributed by atoms with E-state index in [1.54, 1.807) is 19.1 Å². The maximum absolute atomic E-state index is 12.0. The van der Waals surface area contributed by atoms with Gasteiger partial charge in [-0.1, -0.05) is 0 Å². The van der Waals surface area contributed by atoms with Crippen LogP contribution in [0.3, 0.4) is 0 Å². The number of piperidine rings is 1. The molecule has 21 heavy (non-hydrogen) atoms. The molecule has 2 amide bonds. The number of carbonyl (C=O) groups is 3. The van der Waals surface area contributed by atoms with Gasteiger partial charge in [-0.05, 0) is 25.5 Å². The van der Waals surface area contributed by atoms with Crippen LogP contribution in [0.1, 0.15) is 28.9 Å². The number of hydrogen-bond donors (Lipinski definition) is 1. The molecule has 0 radical (unpaired) electrons. The van der Waals surface area contributed by atoms with E-state index in [-0.39, 0.29) is 11.8 Å². The fourth-order valence-corrected chi connectivity index (χ4v) is 2.20. The lowest BCUT2D eigenvalue weighted by atomic mass is 10.0. The fraction of sp³-hybridized carbons (Fsp3) is 0.429. The van der Waals surface area contributed by atoms with Crippen LogP contribution in [0.2, 0.25) is 0 Å². The number of carbonyl (C=O) groups excluding carboxylic acids is 3. The lowest BCUT2D eigenvalue weighted by Crippen LogP contribution is -2.48. The van der Waals surface area contributed by atoms with Crippen LogP contribution in [0.15, 0.2) is 12.1 Å². The number of amides is 2. The first kappa shape index (κ1) is 15.0. The fourth-order valence-electron chi connectivity index (χ4n) is 2.20. The number of esters is 1. The van der Waals surface area contributed by atoms with Gasteiger partial charge in [-0.2, -0.15) is 0 Å². The van der Waals surface area contributed by atoms with E-state index in [0.29, 0.717) is 29.9 Å². The summed E-state index contributed by atoms with van der Waals surface area (Å²) in [7, 11) is 2.78. The molecule has 0 saturated carbocycles. The van der Waals surface area contributed by atoms with Gasteiger partial charge in [0.05, 0.1) is 18.4 Å². The third kappa shape index (κ3) is 3.01. The average Bonchev–Trinajstić information content (AvgIpc) is 2.47. The van der Waals surface area contributed by atoms with Crippen LogP contribution in [0.5, 0.6) is 0 Å². The predicted octanol–water partition coefficient (Wildman–Crippen LogP) is 0.736. The van der Waals surface area contributed by atoms with Gasteiger partial charge < -0.3 is 10.1 Å². The summed E-state index contributed by atoms with van der Waals surface area (Å²) in [4.78, 5) is 40.3. The largest absolute Gasteiger partial charge is 0.465 e. The molecule has 1 saturated heterocycles. The lowest BCUT2D eigenvalue weighted by Gasteiger charge is -2.28. The molecular formula is C14H17N3O4. The lowest BCUT2D eigenvalue weighted by molar-refractivity contribution is -0.146. The number of pyridine rings is 1. The Kier molecular flexibility index (Phi) is 4.21. The van der Waals surface area contributed by atoms with E-state index in [4.69, 9.17) is 0 Å². The Balaban J connectivity index is 2.14. The van der Waals surface area contributed by atoms with Gasteiger partial charge in [0.25, 0.3) is 5.91 Å². The number of nitrogens with zero attached hydrogens (tertiary/aromatic N) is 2. The molecule has 0 bridgehead atoms. The molecule has 0 aliphatic carbocycles. The molecule has 1 aliphatic rings. The number of anilines is 1. The van der Waals surface area contributed by atoms with Gasteiger partial charge in [-0.3, -0.25) is 14.5 Å². The number of rotatable bonds is 3. The molecule has 1 aromatic rings. The minimum absolute atomic E-state index is 0.178. The first-order valence-corrected chi connectivity index (χ1v) is 6.57. The summed E-state index contributed by atoms with van der Waals surface area (Å²) in [5, 5.41) is 3.00. The number of methoxy groups -OCH3 is 1. The van der Waals surface area contributed by atoms with Gasteiger partial charge in [0.1, 0.15) is 11.9 Å². The highest BCUT2D eigenvalue weighted by Crippen LogP contribution is 2.17. The number of likely N-dealkylation sites (tertiary alicyclic amines) is 1. The Morgan fingerprint density at radius 1 is 1.43 bits per heavy atom. The van der Waals surface area contributed by atoms with Crippen LogP contribution in [-0.2, 0) is 14.3 Å². The van der Waals surface area contributed by atoms with Gasteiger partial charge in [0, 0.05) is 13.5 Å². The second-order valence-electron chi connectivity index (χ2n) is 4.85. The Morgan fingerprint density at radius 2 is 2.14 bits per heavy atom. The van der Waals surface area contributed by atoms with E-state index in [1.807, 2.05) is 0 Å². The molecule has 0 spiro atoms.